The molecule has 0 atom stereocenters. The number of carbonyl (C=O) groups is 1. The van der Waals surface area contributed by atoms with E-state index in [9.17, 15) is 18.3 Å². The van der Waals surface area contributed by atoms with Crippen LogP contribution in [0.2, 0.25) is 0 Å². The highest BCUT2D eigenvalue weighted by atomic mass is 32.2. The third-order valence-corrected chi connectivity index (χ3v) is 6.23. The van der Waals surface area contributed by atoms with Crippen LogP contribution in [0.1, 0.15) is 55.1 Å². The number of aromatic amines is 1. The smallest absolute Gasteiger partial charge is 0.354 e. The molecule has 1 aromatic heterocycles. The van der Waals surface area contributed by atoms with Crippen LogP contribution >= 0.6 is 0 Å². The summed E-state index contributed by atoms with van der Waals surface area (Å²) in [6.45, 7) is 2.10. The van der Waals surface area contributed by atoms with Gasteiger partial charge in [-0.2, -0.15) is 5.10 Å². The minimum Gasteiger partial charge on any atom is -0.477 e. The van der Waals surface area contributed by atoms with Crippen LogP contribution in [0, 0.1) is 0 Å². The molecule has 1 aliphatic carbocycles. The molecule has 0 radical (unpaired) electrons. The summed E-state index contributed by atoms with van der Waals surface area (Å²) in [7, 11) is -3.28. The highest BCUT2D eigenvalue weighted by Gasteiger charge is 2.37. The van der Waals surface area contributed by atoms with Gasteiger partial charge in [0.05, 0.1) is 10.6 Å². The fraction of sp³-hybridized carbons (Fsp3) is 0.444. The maximum atomic E-state index is 11.7. The monoisotopic (exact) mass is 362 g/mol. The fourth-order valence-electron chi connectivity index (χ4n) is 3.74. The fourth-order valence-corrected chi connectivity index (χ4v) is 4.37. The molecule has 3 rings (SSSR count). The summed E-state index contributed by atoms with van der Waals surface area (Å²) in [5.74, 6) is -1.02. The predicted molar refractivity (Wildman–Crippen MR) is 94.5 cm³/mol. The SMILES string of the molecule is CC1(c2c(-c3ccc(S(C)(=O)=O)cc3)n[nH]c2C(=O)O)CCCCC1. The summed E-state index contributed by atoms with van der Waals surface area (Å²) in [5, 5.41) is 16.5. The Labute approximate surface area is 147 Å². The highest BCUT2D eigenvalue weighted by Crippen LogP contribution is 2.44. The second kappa shape index (κ2) is 6.29. The summed E-state index contributed by atoms with van der Waals surface area (Å²) >= 11 is 0. The largest absolute Gasteiger partial charge is 0.477 e. The van der Waals surface area contributed by atoms with Crippen LogP contribution < -0.4 is 0 Å². The van der Waals surface area contributed by atoms with Crippen molar-refractivity contribution in [3.05, 3.63) is 35.5 Å². The molecule has 1 heterocycles. The Morgan fingerprint density at radius 2 is 1.76 bits per heavy atom. The van der Waals surface area contributed by atoms with Gasteiger partial charge in [-0.3, -0.25) is 5.10 Å². The number of hydrogen-bond donors (Lipinski definition) is 2. The molecule has 7 heteroatoms. The average Bonchev–Trinajstić information content (AvgIpc) is 3.01. The molecule has 1 aliphatic rings. The maximum absolute atomic E-state index is 11.7. The number of benzene rings is 1. The van der Waals surface area contributed by atoms with Crippen molar-refractivity contribution in [2.24, 2.45) is 0 Å². The van der Waals surface area contributed by atoms with Crippen LogP contribution in [0.15, 0.2) is 29.2 Å². The molecule has 6 nitrogen and oxygen atoms in total. The van der Waals surface area contributed by atoms with Crippen molar-refractivity contribution in [2.45, 2.75) is 49.3 Å². The molecule has 0 amide bonds. The first kappa shape index (κ1) is 17.7. The van der Waals surface area contributed by atoms with Crippen LogP contribution in [0.4, 0.5) is 0 Å². The molecule has 2 N–H and O–H groups in total. The Bertz CT molecular complexity index is 892. The third kappa shape index (κ3) is 3.33. The van der Waals surface area contributed by atoms with Gasteiger partial charge in [0.2, 0.25) is 0 Å². The molecular weight excluding hydrogens is 340 g/mol. The Kier molecular flexibility index (Phi) is 4.45. The molecule has 1 saturated carbocycles. The zero-order valence-electron chi connectivity index (χ0n) is 14.4. The van der Waals surface area contributed by atoms with E-state index in [0.717, 1.165) is 49.5 Å². The second-order valence-corrected chi connectivity index (χ2v) is 9.06. The van der Waals surface area contributed by atoms with Gasteiger partial charge >= 0.3 is 5.97 Å². The molecule has 25 heavy (non-hydrogen) atoms. The van der Waals surface area contributed by atoms with Gasteiger partial charge in [-0.15, -0.1) is 0 Å². The van der Waals surface area contributed by atoms with Gasteiger partial charge < -0.3 is 5.11 Å². The van der Waals surface area contributed by atoms with Crippen molar-refractivity contribution in [3.8, 4) is 11.3 Å². The van der Waals surface area contributed by atoms with Crippen molar-refractivity contribution in [3.63, 3.8) is 0 Å². The van der Waals surface area contributed by atoms with Gasteiger partial charge in [-0.05, 0) is 30.4 Å². The number of nitrogens with one attached hydrogen (secondary N) is 1. The van der Waals surface area contributed by atoms with E-state index in [2.05, 4.69) is 17.1 Å². The van der Waals surface area contributed by atoms with E-state index in [1.165, 1.54) is 12.1 Å². The first-order valence-corrected chi connectivity index (χ1v) is 10.2. The molecule has 0 bridgehead atoms. The van der Waals surface area contributed by atoms with E-state index >= 15 is 0 Å². The maximum Gasteiger partial charge on any atom is 0.354 e. The second-order valence-electron chi connectivity index (χ2n) is 7.05. The first-order chi connectivity index (χ1) is 11.7. The molecular formula is C18H22N2O4S. The van der Waals surface area contributed by atoms with Crippen LogP contribution in [-0.2, 0) is 15.3 Å². The Hall–Kier alpha value is -2.15. The van der Waals surface area contributed by atoms with E-state index < -0.39 is 15.8 Å². The zero-order chi connectivity index (χ0) is 18.2. The van der Waals surface area contributed by atoms with E-state index in [-0.39, 0.29) is 16.0 Å². The minimum atomic E-state index is -3.28. The van der Waals surface area contributed by atoms with Crippen molar-refractivity contribution in [2.75, 3.05) is 6.26 Å². The quantitative estimate of drug-likeness (QED) is 0.868. The number of carboxylic acid groups (broad SMARTS) is 1. The lowest BCUT2D eigenvalue weighted by molar-refractivity contribution is 0.0686. The lowest BCUT2D eigenvalue weighted by Crippen LogP contribution is -2.27. The van der Waals surface area contributed by atoms with E-state index in [0.29, 0.717) is 5.69 Å². The summed E-state index contributed by atoms with van der Waals surface area (Å²) in [6.07, 6.45) is 6.28. The Balaban J connectivity index is 2.12. The van der Waals surface area contributed by atoms with Gasteiger partial charge in [0.25, 0.3) is 0 Å². The van der Waals surface area contributed by atoms with Gasteiger partial charge in [-0.25, -0.2) is 13.2 Å². The summed E-state index contributed by atoms with van der Waals surface area (Å²) in [5.41, 5.74) is 1.93. The minimum absolute atomic E-state index is 0.131. The molecule has 0 spiro atoms. The summed E-state index contributed by atoms with van der Waals surface area (Å²) in [4.78, 5) is 11.9. The molecule has 0 saturated heterocycles. The highest BCUT2D eigenvalue weighted by molar-refractivity contribution is 7.90. The molecule has 1 fully saturated rings. The average molecular weight is 362 g/mol. The number of H-pyrrole nitrogens is 1. The number of sulfone groups is 1. The van der Waals surface area contributed by atoms with Gasteiger partial charge in [-0.1, -0.05) is 38.3 Å². The van der Waals surface area contributed by atoms with Crippen LogP contribution in [0.5, 0.6) is 0 Å². The van der Waals surface area contributed by atoms with Crippen LogP contribution in [0.3, 0.4) is 0 Å². The molecule has 2 aromatic rings. The van der Waals surface area contributed by atoms with E-state index in [1.54, 1.807) is 12.1 Å². The molecule has 1 aromatic carbocycles. The van der Waals surface area contributed by atoms with Crippen molar-refractivity contribution in [1.82, 2.24) is 10.2 Å². The standard InChI is InChI=1S/C18H22N2O4S/c1-18(10-4-3-5-11-18)14-15(19-20-16(14)17(21)22)12-6-8-13(9-7-12)25(2,23)24/h6-9H,3-5,10-11H2,1-2H3,(H,19,20)(H,21,22). The third-order valence-electron chi connectivity index (χ3n) is 5.10. The van der Waals surface area contributed by atoms with Gasteiger partial charge in [0.15, 0.2) is 9.84 Å². The number of hydrogen-bond acceptors (Lipinski definition) is 4. The van der Waals surface area contributed by atoms with E-state index in [4.69, 9.17) is 0 Å². The van der Waals surface area contributed by atoms with Crippen molar-refractivity contribution < 1.29 is 18.3 Å². The Morgan fingerprint density at radius 1 is 1.16 bits per heavy atom. The summed E-state index contributed by atoms with van der Waals surface area (Å²) in [6, 6.07) is 6.45. The number of aromatic nitrogens is 2. The lowest BCUT2D eigenvalue weighted by atomic mass is 9.69. The first-order valence-electron chi connectivity index (χ1n) is 8.35. The lowest BCUT2D eigenvalue weighted by Gasteiger charge is -2.34. The predicted octanol–water partition coefficient (Wildman–Crippen LogP) is 3.40. The number of aromatic carboxylic acids is 1. The number of carboxylic acids is 1. The normalized spacial score (nSPS) is 17.4. The molecule has 134 valence electrons. The number of nitrogens with zero attached hydrogens (tertiary/aromatic N) is 1. The van der Waals surface area contributed by atoms with Crippen LogP contribution in [-0.4, -0.2) is 35.9 Å². The van der Waals surface area contributed by atoms with Crippen LogP contribution in [0.25, 0.3) is 11.3 Å². The van der Waals surface area contributed by atoms with Gasteiger partial charge in [0.1, 0.15) is 5.69 Å². The molecule has 0 unspecified atom stereocenters. The van der Waals surface area contributed by atoms with E-state index in [1.807, 2.05) is 0 Å². The zero-order valence-corrected chi connectivity index (χ0v) is 15.2. The Morgan fingerprint density at radius 3 is 2.28 bits per heavy atom. The number of rotatable bonds is 4. The summed E-state index contributed by atoms with van der Waals surface area (Å²) < 4.78 is 23.3. The van der Waals surface area contributed by atoms with Gasteiger partial charge in [0, 0.05) is 17.4 Å². The topological polar surface area (TPSA) is 100 Å². The van der Waals surface area contributed by atoms with Crippen molar-refractivity contribution >= 4 is 15.8 Å². The van der Waals surface area contributed by atoms with Crippen molar-refractivity contribution in [1.29, 1.82) is 0 Å². The molecule has 0 aliphatic heterocycles.